The van der Waals surface area contributed by atoms with Crippen molar-refractivity contribution in [3.8, 4) is 0 Å². The van der Waals surface area contributed by atoms with Crippen LogP contribution in [0.1, 0.15) is 96.8 Å². The second-order valence-electron chi connectivity index (χ2n) is 6.63. The normalized spacial score (nSPS) is 13.7. The van der Waals surface area contributed by atoms with Gasteiger partial charge in [0.15, 0.2) is 0 Å². The fourth-order valence-corrected chi connectivity index (χ4v) is 2.81. The first-order chi connectivity index (χ1) is 11.1. The van der Waals surface area contributed by atoms with Gasteiger partial charge in [-0.25, -0.2) is 0 Å². The maximum absolute atomic E-state index is 10.9. The van der Waals surface area contributed by atoms with Crippen LogP contribution < -0.4 is 0 Å². The largest absolute Gasteiger partial charge is 0.469 e. The number of aliphatic hydroxyl groups excluding tert-OH is 2. The van der Waals surface area contributed by atoms with Crippen molar-refractivity contribution in [3.63, 3.8) is 0 Å². The van der Waals surface area contributed by atoms with Crippen molar-refractivity contribution in [2.24, 2.45) is 0 Å². The molecule has 0 radical (unpaired) electrons. The zero-order valence-corrected chi connectivity index (χ0v) is 15.3. The third-order valence-corrected chi connectivity index (χ3v) is 4.33. The lowest BCUT2D eigenvalue weighted by atomic mass is 10.00. The van der Waals surface area contributed by atoms with Crippen LogP contribution in [0.2, 0.25) is 0 Å². The predicted octanol–water partition coefficient (Wildman–Crippen LogP) is 4.36. The van der Waals surface area contributed by atoms with Gasteiger partial charge >= 0.3 is 5.97 Å². The molecule has 23 heavy (non-hydrogen) atoms. The minimum absolute atomic E-state index is 0.124. The molecule has 138 valence electrons. The van der Waals surface area contributed by atoms with Crippen molar-refractivity contribution in [1.29, 1.82) is 0 Å². The summed E-state index contributed by atoms with van der Waals surface area (Å²) in [5.41, 5.74) is 0. The summed E-state index contributed by atoms with van der Waals surface area (Å²) in [6, 6.07) is 0. The van der Waals surface area contributed by atoms with Crippen molar-refractivity contribution < 1.29 is 19.7 Å². The van der Waals surface area contributed by atoms with Gasteiger partial charge in [-0.05, 0) is 25.7 Å². The van der Waals surface area contributed by atoms with Crippen LogP contribution in [0.15, 0.2) is 0 Å². The zero-order valence-electron chi connectivity index (χ0n) is 15.3. The zero-order chi connectivity index (χ0) is 17.3. The van der Waals surface area contributed by atoms with Gasteiger partial charge in [0.1, 0.15) is 0 Å². The van der Waals surface area contributed by atoms with Gasteiger partial charge in [0.05, 0.1) is 19.3 Å². The Morgan fingerprint density at radius 2 is 1.30 bits per heavy atom. The summed E-state index contributed by atoms with van der Waals surface area (Å²) >= 11 is 0. The van der Waals surface area contributed by atoms with Gasteiger partial charge in [-0.15, -0.1) is 0 Å². The van der Waals surface area contributed by atoms with Crippen molar-refractivity contribution in [1.82, 2.24) is 0 Å². The molecule has 0 saturated carbocycles. The molecule has 0 aromatic carbocycles. The van der Waals surface area contributed by atoms with E-state index in [-0.39, 0.29) is 18.2 Å². The number of methoxy groups -OCH3 is 1. The lowest BCUT2D eigenvalue weighted by molar-refractivity contribution is -0.140. The Hall–Kier alpha value is -0.610. The average Bonchev–Trinajstić information content (AvgIpc) is 2.53. The molecular formula is C19H38O4. The molecule has 0 aliphatic carbocycles. The van der Waals surface area contributed by atoms with Crippen LogP contribution in [-0.2, 0) is 9.53 Å². The Morgan fingerprint density at radius 3 is 1.83 bits per heavy atom. The average molecular weight is 331 g/mol. The van der Waals surface area contributed by atoms with Crippen molar-refractivity contribution in [3.05, 3.63) is 0 Å². The highest BCUT2D eigenvalue weighted by Gasteiger charge is 2.11. The standard InChI is InChI=1S/C19H38O4/c1-3-4-5-10-13-17(20)16-18(21)14-11-8-6-7-9-12-15-19(22)23-2/h17-18,20-21H,3-16H2,1-2H3. The Bertz CT molecular complexity index is 268. The third-order valence-electron chi connectivity index (χ3n) is 4.33. The highest BCUT2D eigenvalue weighted by Crippen LogP contribution is 2.15. The quantitative estimate of drug-likeness (QED) is 0.326. The number of hydrogen-bond donors (Lipinski definition) is 2. The molecule has 0 aliphatic heterocycles. The van der Waals surface area contributed by atoms with Gasteiger partial charge in [-0.1, -0.05) is 64.7 Å². The molecule has 0 aromatic rings. The van der Waals surface area contributed by atoms with Crippen LogP contribution in [0.25, 0.3) is 0 Å². The molecule has 0 aliphatic rings. The summed E-state index contributed by atoms with van der Waals surface area (Å²) in [7, 11) is 1.43. The molecule has 0 aromatic heterocycles. The first-order valence-electron chi connectivity index (χ1n) is 9.53. The van der Waals surface area contributed by atoms with Crippen molar-refractivity contribution in [2.45, 2.75) is 109 Å². The van der Waals surface area contributed by atoms with E-state index in [1.54, 1.807) is 0 Å². The van der Waals surface area contributed by atoms with Crippen LogP contribution >= 0.6 is 0 Å². The molecule has 0 amide bonds. The van der Waals surface area contributed by atoms with E-state index < -0.39 is 0 Å². The summed E-state index contributed by atoms with van der Waals surface area (Å²) in [5, 5.41) is 19.8. The van der Waals surface area contributed by atoms with Crippen LogP contribution in [0.4, 0.5) is 0 Å². The molecule has 2 atom stereocenters. The van der Waals surface area contributed by atoms with Crippen LogP contribution in [0.5, 0.6) is 0 Å². The number of rotatable bonds is 16. The minimum atomic E-state index is -0.365. The van der Waals surface area contributed by atoms with Gasteiger partial charge in [0.2, 0.25) is 0 Å². The topological polar surface area (TPSA) is 66.8 Å². The van der Waals surface area contributed by atoms with Crippen LogP contribution in [0, 0.1) is 0 Å². The van der Waals surface area contributed by atoms with E-state index >= 15 is 0 Å². The van der Waals surface area contributed by atoms with Gasteiger partial charge in [-0.3, -0.25) is 4.79 Å². The number of hydrogen-bond acceptors (Lipinski definition) is 4. The number of carbonyl (C=O) groups is 1. The summed E-state index contributed by atoms with van der Waals surface area (Å²) in [6.07, 6.45) is 13.0. The molecule has 4 heteroatoms. The van der Waals surface area contributed by atoms with Crippen LogP contribution in [-0.4, -0.2) is 35.5 Å². The third kappa shape index (κ3) is 16.0. The Balaban J connectivity index is 3.35. The van der Waals surface area contributed by atoms with Crippen LogP contribution in [0.3, 0.4) is 0 Å². The SMILES string of the molecule is CCCCCCC(O)CC(O)CCCCCCCCC(=O)OC. The monoisotopic (exact) mass is 330 g/mol. The summed E-state index contributed by atoms with van der Waals surface area (Å²) in [5.74, 6) is -0.124. The number of carbonyl (C=O) groups excluding carboxylic acids is 1. The Kier molecular flexibility index (Phi) is 15.8. The summed E-state index contributed by atoms with van der Waals surface area (Å²) in [6.45, 7) is 2.18. The second kappa shape index (κ2) is 16.3. The molecule has 0 rings (SSSR count). The van der Waals surface area contributed by atoms with E-state index in [1.807, 2.05) is 0 Å². The number of aliphatic hydroxyl groups is 2. The first-order valence-corrected chi connectivity index (χ1v) is 9.53. The predicted molar refractivity (Wildman–Crippen MR) is 94.3 cm³/mol. The van der Waals surface area contributed by atoms with Crippen molar-refractivity contribution in [2.75, 3.05) is 7.11 Å². The number of esters is 1. The van der Waals surface area contributed by atoms with E-state index in [9.17, 15) is 15.0 Å². The van der Waals surface area contributed by atoms with E-state index in [2.05, 4.69) is 11.7 Å². The summed E-state index contributed by atoms with van der Waals surface area (Å²) < 4.78 is 4.60. The fourth-order valence-electron chi connectivity index (χ4n) is 2.81. The van der Waals surface area contributed by atoms with Gasteiger partial charge in [0.25, 0.3) is 0 Å². The Labute approximate surface area is 142 Å². The van der Waals surface area contributed by atoms with Crippen molar-refractivity contribution >= 4 is 5.97 Å². The van der Waals surface area contributed by atoms with E-state index in [4.69, 9.17) is 0 Å². The van der Waals surface area contributed by atoms with E-state index in [0.717, 1.165) is 57.8 Å². The maximum Gasteiger partial charge on any atom is 0.305 e. The molecule has 0 saturated heterocycles. The highest BCUT2D eigenvalue weighted by atomic mass is 16.5. The lowest BCUT2D eigenvalue weighted by Gasteiger charge is -2.15. The van der Waals surface area contributed by atoms with Gasteiger partial charge in [0, 0.05) is 6.42 Å². The van der Waals surface area contributed by atoms with Gasteiger partial charge < -0.3 is 14.9 Å². The second-order valence-corrected chi connectivity index (χ2v) is 6.63. The number of unbranched alkanes of at least 4 members (excludes halogenated alkanes) is 8. The van der Waals surface area contributed by atoms with Gasteiger partial charge in [-0.2, -0.15) is 0 Å². The molecule has 0 fully saturated rings. The smallest absolute Gasteiger partial charge is 0.305 e. The van der Waals surface area contributed by atoms with E-state index in [1.165, 1.54) is 26.4 Å². The molecule has 0 heterocycles. The highest BCUT2D eigenvalue weighted by molar-refractivity contribution is 5.68. The lowest BCUT2D eigenvalue weighted by Crippen LogP contribution is -2.17. The Morgan fingerprint density at radius 1 is 0.826 bits per heavy atom. The first kappa shape index (κ1) is 22.4. The summed E-state index contributed by atoms with van der Waals surface area (Å²) in [4.78, 5) is 10.9. The molecule has 2 N–H and O–H groups in total. The maximum atomic E-state index is 10.9. The fraction of sp³-hybridized carbons (Fsp3) is 0.947. The molecular weight excluding hydrogens is 292 g/mol. The van der Waals surface area contributed by atoms with E-state index in [0.29, 0.717) is 12.8 Å². The molecule has 0 spiro atoms. The molecule has 2 unspecified atom stereocenters. The molecule has 0 bridgehead atoms. The molecule has 4 nitrogen and oxygen atoms in total. The number of ether oxygens (including phenoxy) is 1. The minimum Gasteiger partial charge on any atom is -0.469 e.